The summed E-state index contributed by atoms with van der Waals surface area (Å²) in [6, 6.07) is 7.73. The van der Waals surface area contributed by atoms with E-state index in [4.69, 9.17) is 0 Å². The Morgan fingerprint density at radius 2 is 1.54 bits per heavy atom. The van der Waals surface area contributed by atoms with Gasteiger partial charge in [0.25, 0.3) is 5.91 Å². The Labute approximate surface area is 235 Å². The van der Waals surface area contributed by atoms with Gasteiger partial charge in [0.1, 0.15) is 6.04 Å². The van der Waals surface area contributed by atoms with E-state index in [1.54, 1.807) is 20.2 Å². The molecule has 0 aliphatic carbocycles. The maximum atomic E-state index is 13.9. The van der Waals surface area contributed by atoms with Crippen molar-refractivity contribution in [1.29, 1.82) is 0 Å². The van der Waals surface area contributed by atoms with Crippen LogP contribution in [0.15, 0.2) is 42.0 Å². The number of amides is 3. The molecule has 0 heterocycles. The van der Waals surface area contributed by atoms with Crippen LogP contribution < -0.4 is 15.4 Å². The number of likely N-dealkylation sites (N-methyl/N-ethyl adjacent to an activating group) is 2. The van der Waals surface area contributed by atoms with Gasteiger partial charge >= 0.3 is 0 Å². The Morgan fingerprint density at radius 3 is 1.97 bits per heavy atom. The monoisotopic (exact) mass is 564 g/mol. The number of nitrogens with one attached hydrogen (secondary N) is 3. The molecule has 0 unspecified atom stereocenters. The van der Waals surface area contributed by atoms with Gasteiger partial charge in [0.15, 0.2) is 0 Å². The average molecular weight is 565 g/mol. The number of hydrogen-bond donors (Lipinski definition) is 3. The highest BCUT2D eigenvalue weighted by Crippen LogP contribution is 2.29. The molecular weight excluding hydrogens is 516 g/mol. The third kappa shape index (κ3) is 9.17. The second kappa shape index (κ2) is 13.6. The van der Waals surface area contributed by atoms with Crippen molar-refractivity contribution in [3.05, 3.63) is 47.5 Å². The first kappa shape index (κ1) is 34.3. The Kier molecular flexibility index (Phi) is 11.9. The molecule has 3 atom stereocenters. The fourth-order valence-corrected chi connectivity index (χ4v) is 5.04. The predicted molar refractivity (Wildman–Crippen MR) is 156 cm³/mol. The molecule has 1 aromatic carbocycles. The van der Waals surface area contributed by atoms with Crippen LogP contribution in [-0.2, 0) is 29.8 Å². The molecule has 0 spiro atoms. The highest BCUT2D eigenvalue weighted by atomic mass is 32.2. The molecule has 3 N–H and O–H groups in total. The highest BCUT2D eigenvalue weighted by Gasteiger charge is 2.41. The number of rotatable bonds is 12. The minimum absolute atomic E-state index is 0.0946. The molecule has 0 bridgehead atoms. The zero-order valence-corrected chi connectivity index (χ0v) is 26.2. The molecule has 220 valence electrons. The number of hydrogen-bond acceptors (Lipinski definition) is 6. The van der Waals surface area contributed by atoms with E-state index in [9.17, 15) is 22.8 Å². The SMILES string of the molecule is CCS(=O)(=O)NC(=O)/C(C)=C/[C@H](C(C)C)N(C)C(=O)[C@@H](NC(=O)[C@@H](NC)C(C)(C)c1ccccc1)C(C)(C)C. The maximum absolute atomic E-state index is 13.9. The first-order valence-corrected chi connectivity index (χ1v) is 15.0. The minimum Gasteiger partial charge on any atom is -0.342 e. The van der Waals surface area contributed by atoms with Crippen LogP contribution in [0, 0.1) is 11.3 Å². The Bertz CT molecular complexity index is 1140. The van der Waals surface area contributed by atoms with Crippen LogP contribution in [0.2, 0.25) is 0 Å². The van der Waals surface area contributed by atoms with Crippen molar-refractivity contribution in [1.82, 2.24) is 20.3 Å². The van der Waals surface area contributed by atoms with Gasteiger partial charge in [0, 0.05) is 18.0 Å². The molecular formula is C29H48N4O5S. The first-order valence-electron chi connectivity index (χ1n) is 13.3. The van der Waals surface area contributed by atoms with Gasteiger partial charge in [-0.25, -0.2) is 13.1 Å². The molecule has 0 saturated heterocycles. The second-order valence-electron chi connectivity index (χ2n) is 12.0. The van der Waals surface area contributed by atoms with Gasteiger partial charge < -0.3 is 15.5 Å². The zero-order chi connectivity index (χ0) is 30.3. The molecule has 1 rings (SSSR count). The van der Waals surface area contributed by atoms with Crippen LogP contribution in [0.1, 0.15) is 67.9 Å². The minimum atomic E-state index is -3.72. The number of carbonyl (C=O) groups is 3. The standard InChI is InChI=1S/C29H48N4O5S/c1-12-39(37,38)32-25(34)20(4)18-22(19(2)3)33(11)27(36)24(28(5,6)7)31-26(35)23(30-10)29(8,9)21-16-14-13-15-17-21/h13-19,22-24,30H,12H2,1-11H3,(H,31,35)(H,32,34)/b20-18+/t22-,23-,24-/m1/s1. The fourth-order valence-electron chi connectivity index (χ4n) is 4.46. The Balaban J connectivity index is 3.31. The molecule has 9 nitrogen and oxygen atoms in total. The third-order valence-electron chi connectivity index (χ3n) is 7.07. The van der Waals surface area contributed by atoms with E-state index < -0.39 is 44.9 Å². The number of nitrogens with zero attached hydrogens (tertiary/aromatic N) is 1. The van der Waals surface area contributed by atoms with Gasteiger partial charge in [-0.3, -0.25) is 14.4 Å². The van der Waals surface area contributed by atoms with Crippen molar-refractivity contribution < 1.29 is 22.8 Å². The summed E-state index contributed by atoms with van der Waals surface area (Å²) in [4.78, 5) is 41.6. The normalized spacial score (nSPS) is 15.3. The van der Waals surface area contributed by atoms with Crippen molar-refractivity contribution in [2.24, 2.45) is 11.3 Å². The van der Waals surface area contributed by atoms with Crippen molar-refractivity contribution in [2.75, 3.05) is 19.8 Å². The Morgan fingerprint density at radius 1 is 1.00 bits per heavy atom. The molecule has 3 amide bonds. The first-order chi connectivity index (χ1) is 17.8. The van der Waals surface area contributed by atoms with Gasteiger partial charge in [-0.15, -0.1) is 0 Å². The van der Waals surface area contributed by atoms with Crippen LogP contribution in [-0.4, -0.2) is 69.0 Å². The highest BCUT2D eigenvalue weighted by molar-refractivity contribution is 7.90. The van der Waals surface area contributed by atoms with E-state index in [0.29, 0.717) is 0 Å². The maximum Gasteiger partial charge on any atom is 0.260 e. The molecule has 0 radical (unpaired) electrons. The van der Waals surface area contributed by atoms with Crippen LogP contribution in [0.25, 0.3) is 0 Å². The van der Waals surface area contributed by atoms with E-state index in [1.165, 1.54) is 18.7 Å². The molecule has 0 aliphatic rings. The van der Waals surface area contributed by atoms with Gasteiger partial charge in [-0.05, 0) is 37.8 Å². The molecule has 0 aliphatic heterocycles. The van der Waals surface area contributed by atoms with E-state index in [0.717, 1.165) is 5.56 Å². The summed E-state index contributed by atoms with van der Waals surface area (Å²) in [5.74, 6) is -1.66. The van der Waals surface area contributed by atoms with Gasteiger partial charge in [0.2, 0.25) is 21.8 Å². The molecule has 1 aromatic rings. The average Bonchev–Trinajstić information content (AvgIpc) is 2.84. The molecule has 39 heavy (non-hydrogen) atoms. The lowest BCUT2D eigenvalue weighted by molar-refractivity contribution is -0.140. The topological polar surface area (TPSA) is 125 Å². The summed E-state index contributed by atoms with van der Waals surface area (Å²) in [6.45, 7) is 16.4. The van der Waals surface area contributed by atoms with Crippen molar-refractivity contribution >= 4 is 27.7 Å². The lowest BCUT2D eigenvalue weighted by Crippen LogP contribution is -2.61. The summed E-state index contributed by atoms with van der Waals surface area (Å²) < 4.78 is 25.7. The quantitative estimate of drug-likeness (QED) is 0.335. The Hall–Kier alpha value is -2.72. The van der Waals surface area contributed by atoms with Gasteiger partial charge in [-0.1, -0.05) is 84.9 Å². The van der Waals surface area contributed by atoms with E-state index >= 15 is 0 Å². The van der Waals surface area contributed by atoms with Crippen LogP contribution in [0.3, 0.4) is 0 Å². The molecule has 0 aromatic heterocycles. The molecule has 0 fully saturated rings. The summed E-state index contributed by atoms with van der Waals surface area (Å²) in [7, 11) is -0.366. The second-order valence-corrected chi connectivity index (χ2v) is 14.0. The van der Waals surface area contributed by atoms with E-state index in [1.807, 2.05) is 83.5 Å². The third-order valence-corrected chi connectivity index (χ3v) is 8.33. The van der Waals surface area contributed by atoms with E-state index in [2.05, 4.69) is 10.6 Å². The van der Waals surface area contributed by atoms with Crippen LogP contribution >= 0.6 is 0 Å². The van der Waals surface area contributed by atoms with Gasteiger partial charge in [0.05, 0.1) is 17.8 Å². The summed E-state index contributed by atoms with van der Waals surface area (Å²) in [5.41, 5.74) is -0.0202. The number of sulfonamides is 1. The lowest BCUT2D eigenvalue weighted by Gasteiger charge is -2.40. The summed E-state index contributed by atoms with van der Waals surface area (Å²) in [6.07, 6.45) is 1.60. The van der Waals surface area contributed by atoms with Crippen molar-refractivity contribution in [3.8, 4) is 0 Å². The largest absolute Gasteiger partial charge is 0.342 e. The van der Waals surface area contributed by atoms with Crippen molar-refractivity contribution in [3.63, 3.8) is 0 Å². The van der Waals surface area contributed by atoms with Crippen molar-refractivity contribution in [2.45, 2.75) is 85.9 Å². The number of benzene rings is 1. The predicted octanol–water partition coefficient (Wildman–Crippen LogP) is 2.98. The van der Waals surface area contributed by atoms with Crippen LogP contribution in [0.4, 0.5) is 0 Å². The smallest absolute Gasteiger partial charge is 0.260 e. The fraction of sp³-hybridized carbons (Fsp3) is 0.621. The summed E-state index contributed by atoms with van der Waals surface area (Å²) in [5, 5.41) is 6.13. The van der Waals surface area contributed by atoms with E-state index in [-0.39, 0.29) is 29.1 Å². The van der Waals surface area contributed by atoms with Crippen LogP contribution in [0.5, 0.6) is 0 Å². The zero-order valence-electron chi connectivity index (χ0n) is 25.4. The number of carbonyl (C=O) groups excluding carboxylic acids is 3. The molecule has 10 heteroatoms. The molecule has 0 saturated carbocycles. The van der Waals surface area contributed by atoms with Gasteiger partial charge in [-0.2, -0.15) is 0 Å². The summed E-state index contributed by atoms with van der Waals surface area (Å²) >= 11 is 0. The lowest BCUT2D eigenvalue weighted by atomic mass is 9.76.